The van der Waals surface area contributed by atoms with Gasteiger partial charge in [0, 0.05) is 28.0 Å². The molecule has 0 aliphatic rings. The number of carbonyl (C=O) groups excluding carboxylic acids is 1. The topological polar surface area (TPSA) is 87.2 Å². The number of hydrogen-bond donors (Lipinski definition) is 0. The van der Waals surface area contributed by atoms with Crippen LogP contribution in [-0.4, -0.2) is 20.8 Å². The molecule has 0 unspecified atom stereocenters. The normalized spacial score (nSPS) is 11.1. The predicted octanol–water partition coefficient (Wildman–Crippen LogP) is 4.61. The van der Waals surface area contributed by atoms with E-state index in [0.29, 0.717) is 34.0 Å². The molecular weight excluding hydrogens is 438 g/mol. The first-order chi connectivity index (χ1) is 16.0. The van der Waals surface area contributed by atoms with E-state index in [4.69, 9.17) is 9.15 Å². The van der Waals surface area contributed by atoms with Gasteiger partial charge in [-0.05, 0) is 36.8 Å². The fourth-order valence-electron chi connectivity index (χ4n) is 3.51. The number of ether oxygens (including phenoxy) is 1. The van der Waals surface area contributed by atoms with E-state index < -0.39 is 0 Å². The molecule has 5 rings (SSSR count). The van der Waals surface area contributed by atoms with Crippen LogP contribution in [0.3, 0.4) is 0 Å². The van der Waals surface area contributed by atoms with Gasteiger partial charge in [-0.2, -0.15) is 0 Å². The molecule has 8 heteroatoms. The molecule has 0 saturated carbocycles. The van der Waals surface area contributed by atoms with E-state index in [9.17, 15) is 9.59 Å². The van der Waals surface area contributed by atoms with Crippen LogP contribution >= 0.6 is 11.3 Å². The molecule has 0 fully saturated rings. The molecule has 0 bridgehead atoms. The summed E-state index contributed by atoms with van der Waals surface area (Å²) in [7, 11) is 0. The minimum atomic E-state index is -0.387. The average molecular weight is 458 g/mol. The number of nitrogens with zero attached hydrogens (tertiary/aromatic N) is 3. The van der Waals surface area contributed by atoms with Crippen LogP contribution in [-0.2, 0) is 13.2 Å². The van der Waals surface area contributed by atoms with Crippen LogP contribution in [0.15, 0.2) is 82.1 Å². The number of aromatic nitrogens is 3. The van der Waals surface area contributed by atoms with Crippen molar-refractivity contribution in [1.29, 1.82) is 0 Å². The first-order valence-corrected chi connectivity index (χ1v) is 11.1. The number of thiophene rings is 1. The van der Waals surface area contributed by atoms with Gasteiger partial charge in [0.15, 0.2) is 0 Å². The lowest BCUT2D eigenvalue weighted by molar-refractivity contribution is 0.104. The van der Waals surface area contributed by atoms with Crippen molar-refractivity contribution in [3.63, 3.8) is 0 Å². The number of benzene rings is 2. The Morgan fingerprint density at radius 1 is 1.09 bits per heavy atom. The zero-order valence-corrected chi connectivity index (χ0v) is 18.5. The Morgan fingerprint density at radius 2 is 1.94 bits per heavy atom. The minimum Gasteiger partial charge on any atom is -0.487 e. The Labute approximate surface area is 192 Å². The summed E-state index contributed by atoms with van der Waals surface area (Å²) in [6, 6.07) is 19.9. The zero-order chi connectivity index (χ0) is 22.8. The van der Waals surface area contributed by atoms with Crippen molar-refractivity contribution in [2.45, 2.75) is 20.1 Å². The fourth-order valence-corrected chi connectivity index (χ4v) is 4.47. The Balaban J connectivity index is 1.23. The van der Waals surface area contributed by atoms with Gasteiger partial charge < -0.3 is 9.15 Å². The molecule has 3 heterocycles. The summed E-state index contributed by atoms with van der Waals surface area (Å²) < 4.78 is 12.8. The van der Waals surface area contributed by atoms with Crippen LogP contribution in [0.25, 0.3) is 11.0 Å². The third kappa shape index (κ3) is 4.61. The maximum atomic E-state index is 12.6. The molecule has 0 amide bonds. The van der Waals surface area contributed by atoms with Crippen LogP contribution in [0.4, 0.5) is 0 Å². The van der Waals surface area contributed by atoms with Crippen molar-refractivity contribution in [3.8, 4) is 5.75 Å². The van der Waals surface area contributed by atoms with E-state index in [1.807, 2.05) is 67.7 Å². The molecule has 0 saturated heterocycles. The molecule has 0 spiro atoms. The maximum absolute atomic E-state index is 12.6. The highest BCUT2D eigenvalue weighted by molar-refractivity contribution is 7.14. The Kier molecular flexibility index (Phi) is 5.58. The lowest BCUT2D eigenvalue weighted by Crippen LogP contribution is -1.99. The standard InChI is InChI=1S/C25H19N3O4S/c1-16-11-24(29)32-22-12-19(7-9-21(16)22)31-15-18-13-28(27-26-18)14-20-8-10-23(33-20)25(30)17-5-3-2-4-6-17/h2-13H,14-15H2,1H3. The first kappa shape index (κ1) is 20.8. The Bertz CT molecular complexity index is 1500. The highest BCUT2D eigenvalue weighted by Gasteiger charge is 2.12. The number of rotatable bonds is 7. The molecule has 164 valence electrons. The molecule has 0 aliphatic carbocycles. The van der Waals surface area contributed by atoms with Gasteiger partial charge in [0.25, 0.3) is 0 Å². The van der Waals surface area contributed by atoms with Gasteiger partial charge in [-0.15, -0.1) is 16.4 Å². The van der Waals surface area contributed by atoms with E-state index >= 15 is 0 Å². The summed E-state index contributed by atoms with van der Waals surface area (Å²) in [6.07, 6.45) is 1.81. The molecule has 3 aromatic heterocycles. The van der Waals surface area contributed by atoms with Crippen molar-refractivity contribution < 1.29 is 13.9 Å². The molecule has 0 aliphatic heterocycles. The number of aryl methyl sites for hydroxylation is 1. The van der Waals surface area contributed by atoms with Crippen LogP contribution in [0.1, 0.15) is 31.4 Å². The van der Waals surface area contributed by atoms with E-state index in [2.05, 4.69) is 10.3 Å². The van der Waals surface area contributed by atoms with Crippen LogP contribution in [0.5, 0.6) is 5.75 Å². The number of carbonyl (C=O) groups is 1. The van der Waals surface area contributed by atoms with Crippen molar-refractivity contribution in [3.05, 3.63) is 110 Å². The monoisotopic (exact) mass is 457 g/mol. The largest absolute Gasteiger partial charge is 0.487 e. The van der Waals surface area contributed by atoms with Crippen molar-refractivity contribution in [2.24, 2.45) is 0 Å². The summed E-state index contributed by atoms with van der Waals surface area (Å²) >= 11 is 1.45. The van der Waals surface area contributed by atoms with Crippen LogP contribution in [0, 0.1) is 6.92 Å². The summed E-state index contributed by atoms with van der Waals surface area (Å²) in [6.45, 7) is 2.61. The molecule has 5 aromatic rings. The van der Waals surface area contributed by atoms with Gasteiger partial charge in [-0.25, -0.2) is 9.48 Å². The zero-order valence-electron chi connectivity index (χ0n) is 17.7. The third-order valence-corrected chi connectivity index (χ3v) is 6.20. The quantitative estimate of drug-likeness (QED) is 0.262. The average Bonchev–Trinajstić information content (AvgIpc) is 3.47. The predicted molar refractivity (Wildman–Crippen MR) is 125 cm³/mol. The molecular formula is C25H19N3O4S. The second kappa shape index (κ2) is 8.84. The lowest BCUT2D eigenvalue weighted by Gasteiger charge is -2.06. The van der Waals surface area contributed by atoms with Gasteiger partial charge in [0.05, 0.1) is 17.6 Å². The minimum absolute atomic E-state index is 0.0148. The maximum Gasteiger partial charge on any atom is 0.336 e. The number of hydrogen-bond acceptors (Lipinski definition) is 7. The van der Waals surface area contributed by atoms with E-state index in [1.165, 1.54) is 17.4 Å². The molecule has 2 aromatic carbocycles. The fraction of sp³-hybridized carbons (Fsp3) is 0.120. The summed E-state index contributed by atoms with van der Waals surface area (Å²) in [5.74, 6) is 0.592. The number of fused-ring (bicyclic) bond motifs is 1. The summed E-state index contributed by atoms with van der Waals surface area (Å²) in [5.41, 5.74) is 2.30. The van der Waals surface area contributed by atoms with E-state index in [1.54, 1.807) is 10.7 Å². The van der Waals surface area contributed by atoms with Crippen molar-refractivity contribution in [1.82, 2.24) is 15.0 Å². The smallest absolute Gasteiger partial charge is 0.336 e. The van der Waals surface area contributed by atoms with Crippen molar-refractivity contribution in [2.75, 3.05) is 0 Å². The molecule has 7 nitrogen and oxygen atoms in total. The van der Waals surface area contributed by atoms with Crippen LogP contribution < -0.4 is 10.4 Å². The van der Waals surface area contributed by atoms with Gasteiger partial charge >= 0.3 is 5.63 Å². The molecule has 0 atom stereocenters. The third-order valence-electron chi connectivity index (χ3n) is 5.13. The number of ketones is 1. The second-order valence-corrected chi connectivity index (χ2v) is 8.73. The Morgan fingerprint density at radius 3 is 2.79 bits per heavy atom. The molecule has 33 heavy (non-hydrogen) atoms. The van der Waals surface area contributed by atoms with E-state index in [0.717, 1.165) is 15.8 Å². The van der Waals surface area contributed by atoms with E-state index in [-0.39, 0.29) is 18.0 Å². The molecule has 0 radical (unpaired) electrons. The van der Waals surface area contributed by atoms with Gasteiger partial charge in [-0.1, -0.05) is 35.5 Å². The second-order valence-electron chi connectivity index (χ2n) is 7.56. The SMILES string of the molecule is Cc1cc(=O)oc2cc(OCc3cn(Cc4ccc(C(=O)c5ccccc5)s4)nn3)ccc12. The first-order valence-electron chi connectivity index (χ1n) is 10.3. The lowest BCUT2D eigenvalue weighted by atomic mass is 10.1. The highest BCUT2D eigenvalue weighted by atomic mass is 32.1. The van der Waals surface area contributed by atoms with Gasteiger partial charge in [-0.3, -0.25) is 4.79 Å². The Hall–Kier alpha value is -4.04. The molecule has 0 N–H and O–H groups in total. The van der Waals surface area contributed by atoms with Crippen LogP contribution in [0.2, 0.25) is 0 Å². The summed E-state index contributed by atoms with van der Waals surface area (Å²) in [5, 5.41) is 9.19. The highest BCUT2D eigenvalue weighted by Crippen LogP contribution is 2.23. The summed E-state index contributed by atoms with van der Waals surface area (Å²) in [4.78, 5) is 25.9. The van der Waals surface area contributed by atoms with Gasteiger partial charge in [0.2, 0.25) is 5.78 Å². The van der Waals surface area contributed by atoms with Gasteiger partial charge in [0.1, 0.15) is 23.6 Å². The van der Waals surface area contributed by atoms with Crippen molar-refractivity contribution >= 4 is 28.1 Å².